The Morgan fingerprint density at radius 2 is 1.75 bits per heavy atom. The van der Waals surface area contributed by atoms with Crippen molar-refractivity contribution in [3.8, 4) is 22.8 Å². The summed E-state index contributed by atoms with van der Waals surface area (Å²) in [6.45, 7) is 2.28. The maximum atomic E-state index is 9.85. The van der Waals surface area contributed by atoms with Crippen molar-refractivity contribution >= 4 is 0 Å². The van der Waals surface area contributed by atoms with Crippen molar-refractivity contribution in [1.82, 2.24) is 9.55 Å². The Bertz CT molecular complexity index is 840. The maximum Gasteiger partial charge on any atom is 0.116 e. The number of aromatic nitrogens is 2. The van der Waals surface area contributed by atoms with Crippen LogP contribution in [0.2, 0.25) is 0 Å². The summed E-state index contributed by atoms with van der Waals surface area (Å²) in [7, 11) is 0. The van der Waals surface area contributed by atoms with Gasteiger partial charge in [-0.1, -0.05) is 24.3 Å². The van der Waals surface area contributed by atoms with E-state index in [1.807, 2.05) is 16.7 Å². The molecule has 0 radical (unpaired) electrons. The zero-order chi connectivity index (χ0) is 17.1. The zero-order valence-electron chi connectivity index (χ0n) is 13.4. The van der Waals surface area contributed by atoms with Gasteiger partial charge in [-0.3, -0.25) is 0 Å². The molecule has 1 unspecified atom stereocenters. The molecule has 1 aromatic heterocycles. The van der Waals surface area contributed by atoms with Crippen molar-refractivity contribution in [2.75, 3.05) is 0 Å². The highest BCUT2D eigenvalue weighted by Gasteiger charge is 2.15. The molecular weight excluding hydrogens is 304 g/mol. The number of nitrogens with zero attached hydrogens (tertiary/aromatic N) is 2. The van der Waals surface area contributed by atoms with Gasteiger partial charge in [-0.15, -0.1) is 0 Å². The van der Waals surface area contributed by atoms with E-state index in [1.54, 1.807) is 49.6 Å². The predicted molar refractivity (Wildman–Crippen MR) is 91.9 cm³/mol. The van der Waals surface area contributed by atoms with Crippen molar-refractivity contribution in [2.45, 2.75) is 26.0 Å². The molecule has 0 amide bonds. The lowest BCUT2D eigenvalue weighted by atomic mass is 10.1. The number of phenols is 2. The minimum absolute atomic E-state index is 0.179. The lowest BCUT2D eigenvalue weighted by Crippen LogP contribution is -2.11. The van der Waals surface area contributed by atoms with Gasteiger partial charge >= 0.3 is 0 Å². The van der Waals surface area contributed by atoms with E-state index < -0.39 is 6.10 Å². The molecule has 124 valence electrons. The van der Waals surface area contributed by atoms with Gasteiger partial charge in [0.15, 0.2) is 0 Å². The fourth-order valence-electron chi connectivity index (χ4n) is 2.78. The third-order valence-electron chi connectivity index (χ3n) is 3.82. The van der Waals surface area contributed by atoms with Crippen LogP contribution in [-0.2, 0) is 13.0 Å². The second kappa shape index (κ2) is 6.76. The normalized spacial score (nSPS) is 12.2. The molecular formula is C19H20N2O3. The molecule has 5 nitrogen and oxygen atoms in total. The lowest BCUT2D eigenvalue weighted by molar-refractivity contribution is 0.193. The van der Waals surface area contributed by atoms with Crippen molar-refractivity contribution in [3.63, 3.8) is 0 Å². The van der Waals surface area contributed by atoms with E-state index in [0.717, 1.165) is 22.5 Å². The van der Waals surface area contributed by atoms with Gasteiger partial charge in [0.25, 0.3) is 0 Å². The number of benzene rings is 2. The van der Waals surface area contributed by atoms with Crippen LogP contribution in [0.1, 0.15) is 18.2 Å². The Hall–Kier alpha value is -2.79. The van der Waals surface area contributed by atoms with Gasteiger partial charge in [0.05, 0.1) is 18.1 Å². The summed E-state index contributed by atoms with van der Waals surface area (Å²) in [5.41, 5.74) is 3.38. The number of aromatic hydroxyl groups is 2. The summed E-state index contributed by atoms with van der Waals surface area (Å²) < 4.78 is 1.96. The number of imidazole rings is 1. The first-order chi connectivity index (χ1) is 11.5. The summed E-state index contributed by atoms with van der Waals surface area (Å²) in [5.74, 6) is 0.399. The van der Waals surface area contributed by atoms with Crippen LogP contribution in [0.15, 0.2) is 54.9 Å². The van der Waals surface area contributed by atoms with Gasteiger partial charge in [0, 0.05) is 24.2 Å². The summed E-state index contributed by atoms with van der Waals surface area (Å²) in [6, 6.07) is 14.0. The number of aliphatic hydroxyl groups excluding tert-OH is 1. The minimum atomic E-state index is -0.513. The molecule has 0 saturated heterocycles. The Balaban J connectivity index is 2.00. The van der Waals surface area contributed by atoms with Crippen LogP contribution in [-0.4, -0.2) is 31.0 Å². The molecule has 0 saturated carbocycles. The first kappa shape index (κ1) is 16.1. The Kier molecular flexibility index (Phi) is 4.53. The molecule has 0 bridgehead atoms. The molecule has 5 heteroatoms. The number of aliphatic hydroxyl groups is 1. The summed E-state index contributed by atoms with van der Waals surface area (Å²) in [4.78, 5) is 4.48. The summed E-state index contributed by atoms with van der Waals surface area (Å²) >= 11 is 0. The number of hydrogen-bond donors (Lipinski definition) is 3. The Labute approximate surface area is 140 Å². The molecule has 0 aliphatic rings. The zero-order valence-corrected chi connectivity index (χ0v) is 13.4. The van der Waals surface area contributed by atoms with Crippen LogP contribution in [0.4, 0.5) is 0 Å². The van der Waals surface area contributed by atoms with Crippen molar-refractivity contribution in [2.24, 2.45) is 0 Å². The first-order valence-electron chi connectivity index (χ1n) is 7.82. The van der Waals surface area contributed by atoms with Gasteiger partial charge in [-0.25, -0.2) is 4.98 Å². The Morgan fingerprint density at radius 1 is 1.04 bits per heavy atom. The van der Waals surface area contributed by atoms with E-state index in [0.29, 0.717) is 13.0 Å². The first-order valence-corrected chi connectivity index (χ1v) is 7.82. The fourth-order valence-corrected chi connectivity index (χ4v) is 2.78. The van der Waals surface area contributed by atoms with E-state index in [1.165, 1.54) is 0 Å². The summed E-state index contributed by atoms with van der Waals surface area (Å²) in [5, 5.41) is 29.2. The number of hydrogen-bond acceptors (Lipinski definition) is 4. The highest BCUT2D eigenvalue weighted by molar-refractivity contribution is 5.63. The number of phenolic OH excluding ortho intramolecular Hbond substituents is 2. The summed E-state index contributed by atoms with van der Waals surface area (Å²) in [6.07, 6.45) is 1.66. The van der Waals surface area contributed by atoms with Gasteiger partial charge in [-0.05, 0) is 36.8 Å². The third-order valence-corrected chi connectivity index (χ3v) is 3.82. The average Bonchev–Trinajstić information content (AvgIpc) is 2.89. The molecule has 24 heavy (non-hydrogen) atoms. The van der Waals surface area contributed by atoms with Crippen LogP contribution in [0.25, 0.3) is 11.3 Å². The molecule has 3 aromatic rings. The molecule has 1 heterocycles. The lowest BCUT2D eigenvalue weighted by Gasteiger charge is -2.12. The quantitative estimate of drug-likeness (QED) is 0.674. The van der Waals surface area contributed by atoms with Gasteiger partial charge in [0.1, 0.15) is 11.5 Å². The van der Waals surface area contributed by atoms with E-state index in [4.69, 9.17) is 0 Å². The standard InChI is InChI=1S/C19H20N2O3/c1-13(22)8-18-19(15-5-3-7-17(24)10-15)20-12-21(18)11-14-4-2-6-16(23)9-14/h2-7,9-10,12-13,22-24H,8,11H2,1H3. The molecule has 3 N–H and O–H groups in total. The molecule has 0 aliphatic heterocycles. The molecule has 2 aromatic carbocycles. The average molecular weight is 324 g/mol. The SMILES string of the molecule is CC(O)Cc1c(-c2cccc(O)c2)ncn1Cc1cccc(O)c1. The van der Waals surface area contributed by atoms with Crippen LogP contribution in [0.3, 0.4) is 0 Å². The van der Waals surface area contributed by atoms with E-state index >= 15 is 0 Å². The van der Waals surface area contributed by atoms with Crippen molar-refractivity contribution < 1.29 is 15.3 Å². The number of rotatable bonds is 5. The van der Waals surface area contributed by atoms with Crippen LogP contribution in [0, 0.1) is 0 Å². The van der Waals surface area contributed by atoms with Crippen LogP contribution in [0.5, 0.6) is 11.5 Å². The van der Waals surface area contributed by atoms with Crippen molar-refractivity contribution in [3.05, 3.63) is 66.1 Å². The largest absolute Gasteiger partial charge is 0.508 e. The fraction of sp³-hybridized carbons (Fsp3) is 0.211. The molecule has 3 rings (SSSR count). The third kappa shape index (κ3) is 3.58. The molecule has 0 spiro atoms. The van der Waals surface area contributed by atoms with Gasteiger partial charge in [-0.2, -0.15) is 0 Å². The van der Waals surface area contributed by atoms with Gasteiger partial charge in [0.2, 0.25) is 0 Å². The molecule has 0 aliphatic carbocycles. The smallest absolute Gasteiger partial charge is 0.116 e. The second-order valence-corrected chi connectivity index (χ2v) is 5.94. The maximum absolute atomic E-state index is 9.85. The minimum Gasteiger partial charge on any atom is -0.508 e. The van der Waals surface area contributed by atoms with Crippen LogP contribution >= 0.6 is 0 Å². The second-order valence-electron chi connectivity index (χ2n) is 5.94. The Morgan fingerprint density at radius 3 is 2.42 bits per heavy atom. The van der Waals surface area contributed by atoms with E-state index in [9.17, 15) is 15.3 Å². The van der Waals surface area contributed by atoms with E-state index in [2.05, 4.69) is 4.98 Å². The molecule has 1 atom stereocenters. The van der Waals surface area contributed by atoms with Crippen molar-refractivity contribution in [1.29, 1.82) is 0 Å². The molecule has 0 fully saturated rings. The highest BCUT2D eigenvalue weighted by atomic mass is 16.3. The monoisotopic (exact) mass is 324 g/mol. The van der Waals surface area contributed by atoms with Crippen LogP contribution < -0.4 is 0 Å². The predicted octanol–water partition coefficient (Wildman–Crippen LogP) is 2.93. The topological polar surface area (TPSA) is 78.5 Å². The van der Waals surface area contributed by atoms with E-state index in [-0.39, 0.29) is 11.5 Å². The van der Waals surface area contributed by atoms with Gasteiger partial charge < -0.3 is 19.9 Å². The highest BCUT2D eigenvalue weighted by Crippen LogP contribution is 2.27.